The van der Waals surface area contributed by atoms with Gasteiger partial charge in [0.1, 0.15) is 0 Å². The zero-order valence-electron chi connectivity index (χ0n) is 11.6. The first-order chi connectivity index (χ1) is 7.73. The van der Waals surface area contributed by atoms with Gasteiger partial charge < -0.3 is 0 Å². The molecule has 0 unspecified atom stereocenters. The molecule has 0 saturated carbocycles. The molecule has 0 spiro atoms. The lowest BCUT2D eigenvalue weighted by molar-refractivity contribution is 0.914. The van der Waals surface area contributed by atoms with Crippen molar-refractivity contribution in [3.8, 4) is 0 Å². The van der Waals surface area contributed by atoms with E-state index in [2.05, 4.69) is 40.7 Å². The molecule has 90 valence electrons. The van der Waals surface area contributed by atoms with Crippen LogP contribution in [0.2, 0.25) is 0 Å². The molecule has 0 aliphatic rings. The topological polar surface area (TPSA) is 0 Å². The number of hydrogen-bond donors (Lipinski definition) is 0. The van der Waals surface area contributed by atoms with Crippen LogP contribution in [0, 0.1) is 0 Å². The van der Waals surface area contributed by atoms with Gasteiger partial charge in [0.25, 0.3) is 0 Å². The molecule has 0 radical (unpaired) electrons. The molecule has 1 rings (SSSR count). The molecular weight excluding hydrogens is 192 g/mol. The van der Waals surface area contributed by atoms with Gasteiger partial charge in [0.2, 0.25) is 0 Å². The summed E-state index contributed by atoms with van der Waals surface area (Å²) in [5, 5.41) is 0. The lowest BCUT2D eigenvalue weighted by Gasteiger charge is -2.19. The van der Waals surface area contributed by atoms with Gasteiger partial charge in [-0.3, -0.25) is 0 Å². The van der Waals surface area contributed by atoms with E-state index in [0.717, 1.165) is 0 Å². The van der Waals surface area contributed by atoms with Crippen molar-refractivity contribution in [2.45, 2.75) is 66.7 Å². The van der Waals surface area contributed by atoms with E-state index < -0.39 is 0 Å². The van der Waals surface area contributed by atoms with Crippen molar-refractivity contribution in [1.82, 2.24) is 0 Å². The molecule has 0 aliphatic carbocycles. The van der Waals surface area contributed by atoms with Crippen LogP contribution in [0.4, 0.5) is 0 Å². The Morgan fingerprint density at radius 2 is 0.938 bits per heavy atom. The highest BCUT2D eigenvalue weighted by molar-refractivity contribution is 5.46. The molecule has 0 heteroatoms. The van der Waals surface area contributed by atoms with Gasteiger partial charge in [-0.05, 0) is 59.9 Å². The van der Waals surface area contributed by atoms with Gasteiger partial charge in [0.15, 0.2) is 0 Å². The third kappa shape index (κ3) is 2.31. The van der Waals surface area contributed by atoms with Crippen molar-refractivity contribution in [2.24, 2.45) is 0 Å². The predicted octanol–water partition coefficient (Wildman–Crippen LogP) is 4.50. The van der Waals surface area contributed by atoms with Gasteiger partial charge >= 0.3 is 0 Å². The average Bonchev–Trinajstić information content (AvgIpc) is 2.35. The zero-order valence-corrected chi connectivity index (χ0v) is 11.6. The molecule has 1 aromatic carbocycles. The summed E-state index contributed by atoms with van der Waals surface area (Å²) in [7, 11) is 0. The number of benzene rings is 1. The first kappa shape index (κ1) is 13.3. The van der Waals surface area contributed by atoms with Crippen LogP contribution in [-0.2, 0) is 32.1 Å². The van der Waals surface area contributed by atoms with Crippen LogP contribution in [0.3, 0.4) is 0 Å². The van der Waals surface area contributed by atoms with E-state index >= 15 is 0 Å². The Balaban J connectivity index is 3.47. The Morgan fingerprint density at radius 3 is 1.19 bits per heavy atom. The van der Waals surface area contributed by atoms with E-state index in [9.17, 15) is 0 Å². The molecule has 0 heterocycles. The minimum Gasteiger partial charge on any atom is -0.0613 e. The van der Waals surface area contributed by atoms with Gasteiger partial charge in [0.05, 0.1) is 0 Å². The van der Waals surface area contributed by atoms with Crippen molar-refractivity contribution in [3.05, 3.63) is 33.9 Å². The van der Waals surface area contributed by atoms with E-state index in [-0.39, 0.29) is 0 Å². The molecule has 0 nitrogen and oxygen atoms in total. The monoisotopic (exact) mass is 218 g/mol. The lowest BCUT2D eigenvalue weighted by atomic mass is 9.86. The summed E-state index contributed by atoms with van der Waals surface area (Å²) in [5.74, 6) is 0. The summed E-state index contributed by atoms with van der Waals surface area (Å²) in [4.78, 5) is 0. The van der Waals surface area contributed by atoms with Crippen LogP contribution in [-0.4, -0.2) is 0 Å². The summed E-state index contributed by atoms with van der Waals surface area (Å²) in [5.41, 5.74) is 8.04. The standard InChI is InChI=1S/C16H26/c1-6-12-11-13(7-2)15(9-4)16(10-5)14(12)8-3/h11H,6-10H2,1-5H3. The molecule has 0 saturated heterocycles. The fourth-order valence-electron chi connectivity index (χ4n) is 2.89. The van der Waals surface area contributed by atoms with E-state index in [1.165, 1.54) is 32.1 Å². The molecule has 0 N–H and O–H groups in total. The maximum Gasteiger partial charge on any atom is -0.0302 e. The highest BCUT2D eigenvalue weighted by Gasteiger charge is 2.12. The Hall–Kier alpha value is -0.780. The number of aryl methyl sites for hydroxylation is 2. The second-order valence-corrected chi connectivity index (χ2v) is 4.40. The Morgan fingerprint density at radius 1 is 0.562 bits per heavy atom. The predicted molar refractivity (Wildman–Crippen MR) is 73.3 cm³/mol. The van der Waals surface area contributed by atoms with Crippen molar-refractivity contribution < 1.29 is 0 Å². The number of rotatable bonds is 5. The smallest absolute Gasteiger partial charge is 0.0302 e. The third-order valence-corrected chi connectivity index (χ3v) is 3.67. The maximum atomic E-state index is 2.46. The van der Waals surface area contributed by atoms with E-state index in [0.29, 0.717) is 0 Å². The first-order valence-electron chi connectivity index (χ1n) is 6.88. The van der Waals surface area contributed by atoms with Gasteiger partial charge in [-0.2, -0.15) is 0 Å². The number of hydrogen-bond acceptors (Lipinski definition) is 0. The minimum atomic E-state index is 1.17. The fourth-order valence-corrected chi connectivity index (χ4v) is 2.89. The molecule has 0 amide bonds. The Bertz CT molecular complexity index is 317. The first-order valence-corrected chi connectivity index (χ1v) is 6.88. The molecular formula is C16H26. The van der Waals surface area contributed by atoms with Gasteiger partial charge in [-0.1, -0.05) is 40.7 Å². The van der Waals surface area contributed by atoms with Crippen molar-refractivity contribution in [3.63, 3.8) is 0 Å². The fraction of sp³-hybridized carbons (Fsp3) is 0.625. The maximum absolute atomic E-state index is 2.46. The van der Waals surface area contributed by atoms with Crippen molar-refractivity contribution in [1.29, 1.82) is 0 Å². The largest absolute Gasteiger partial charge is 0.0613 e. The highest BCUT2D eigenvalue weighted by atomic mass is 14.2. The second-order valence-electron chi connectivity index (χ2n) is 4.40. The normalized spacial score (nSPS) is 10.8. The summed E-state index contributed by atoms with van der Waals surface area (Å²) in [6.07, 6.45) is 5.90. The SMILES string of the molecule is CCc1cc(CC)c(CC)c(CC)c1CC. The summed E-state index contributed by atoms with van der Waals surface area (Å²) in [6, 6.07) is 2.46. The summed E-state index contributed by atoms with van der Waals surface area (Å²) < 4.78 is 0. The summed E-state index contributed by atoms with van der Waals surface area (Å²) >= 11 is 0. The highest BCUT2D eigenvalue weighted by Crippen LogP contribution is 2.26. The van der Waals surface area contributed by atoms with Crippen LogP contribution in [0.1, 0.15) is 62.4 Å². The van der Waals surface area contributed by atoms with Crippen molar-refractivity contribution in [2.75, 3.05) is 0 Å². The van der Waals surface area contributed by atoms with E-state index in [4.69, 9.17) is 0 Å². The van der Waals surface area contributed by atoms with E-state index in [1.807, 2.05) is 0 Å². The minimum absolute atomic E-state index is 1.17. The average molecular weight is 218 g/mol. The van der Waals surface area contributed by atoms with Gasteiger partial charge in [0, 0.05) is 0 Å². The molecule has 16 heavy (non-hydrogen) atoms. The van der Waals surface area contributed by atoms with E-state index in [1.54, 1.807) is 27.8 Å². The quantitative estimate of drug-likeness (QED) is 0.682. The Kier molecular flexibility index (Phi) is 5.05. The second kappa shape index (κ2) is 6.08. The molecule has 0 aliphatic heterocycles. The Labute approximate surface area is 101 Å². The molecule has 0 bridgehead atoms. The molecule has 0 aromatic heterocycles. The van der Waals surface area contributed by atoms with Crippen molar-refractivity contribution >= 4 is 0 Å². The van der Waals surface area contributed by atoms with Crippen LogP contribution in [0.5, 0.6) is 0 Å². The van der Waals surface area contributed by atoms with Crippen LogP contribution >= 0.6 is 0 Å². The van der Waals surface area contributed by atoms with Crippen LogP contribution in [0.15, 0.2) is 6.07 Å². The zero-order chi connectivity index (χ0) is 12.1. The summed E-state index contributed by atoms with van der Waals surface area (Å²) in [6.45, 7) is 11.4. The molecule has 1 aromatic rings. The van der Waals surface area contributed by atoms with Crippen LogP contribution < -0.4 is 0 Å². The molecule has 0 atom stereocenters. The van der Waals surface area contributed by atoms with Gasteiger partial charge in [-0.15, -0.1) is 0 Å². The molecule has 0 fully saturated rings. The van der Waals surface area contributed by atoms with Crippen LogP contribution in [0.25, 0.3) is 0 Å². The third-order valence-electron chi connectivity index (χ3n) is 3.67. The van der Waals surface area contributed by atoms with Gasteiger partial charge in [-0.25, -0.2) is 0 Å². The lowest BCUT2D eigenvalue weighted by Crippen LogP contribution is -2.06.